The highest BCUT2D eigenvalue weighted by Gasteiger charge is 2.19. The van der Waals surface area contributed by atoms with Crippen LogP contribution < -0.4 is 11.1 Å². The van der Waals surface area contributed by atoms with Crippen LogP contribution in [0.5, 0.6) is 0 Å². The number of hydrogen-bond donors (Lipinski definition) is 2. The van der Waals surface area contributed by atoms with Gasteiger partial charge in [0.1, 0.15) is 0 Å². The molecule has 0 unspecified atom stereocenters. The highest BCUT2D eigenvalue weighted by Crippen LogP contribution is 2.28. The van der Waals surface area contributed by atoms with E-state index in [0.717, 1.165) is 37.2 Å². The maximum atomic E-state index is 12.8. The number of carbonyl (C=O) groups excluding carboxylic acids is 1. The number of anilines is 1. The Morgan fingerprint density at radius 2 is 1.73 bits per heavy atom. The minimum absolute atomic E-state index is 0.0358. The van der Waals surface area contributed by atoms with Gasteiger partial charge >= 0.3 is 0 Å². The Bertz CT molecular complexity index is 1250. The van der Waals surface area contributed by atoms with Crippen LogP contribution >= 0.6 is 0 Å². The van der Waals surface area contributed by atoms with Gasteiger partial charge in [-0.05, 0) is 37.2 Å². The third-order valence-corrected chi connectivity index (χ3v) is 5.50. The van der Waals surface area contributed by atoms with Crippen molar-refractivity contribution >= 4 is 11.7 Å². The zero-order chi connectivity index (χ0) is 22.6. The van der Waals surface area contributed by atoms with Crippen molar-refractivity contribution in [1.82, 2.24) is 30.4 Å². The Morgan fingerprint density at radius 1 is 0.939 bits per heavy atom. The van der Waals surface area contributed by atoms with Crippen molar-refractivity contribution < 1.29 is 9.21 Å². The molecule has 1 saturated heterocycles. The smallest absolute Gasteiger partial charge is 0.270 e. The topological polar surface area (TPSA) is 123 Å². The van der Waals surface area contributed by atoms with Crippen molar-refractivity contribution in [2.75, 3.05) is 31.9 Å². The van der Waals surface area contributed by atoms with E-state index in [1.807, 2.05) is 59.5 Å². The molecule has 3 heterocycles. The van der Waals surface area contributed by atoms with Crippen LogP contribution in [-0.4, -0.2) is 57.2 Å². The van der Waals surface area contributed by atoms with Crippen LogP contribution in [0.3, 0.4) is 0 Å². The molecule has 0 bridgehead atoms. The standard InChI is InChI=1S/C24H23N7O2/c25-21-20(23-30-29-22(33-23)17-5-2-1-3-6-17)28-19(15-27-21)16-7-9-18(10-8-16)24(32)31-13-4-11-26-12-14-31/h1-3,5-10,15,26H,4,11-14H2,(H2,25,27). The first-order chi connectivity index (χ1) is 16.2. The van der Waals surface area contributed by atoms with Gasteiger partial charge in [0, 0.05) is 36.3 Å². The van der Waals surface area contributed by atoms with Crippen LogP contribution in [0.4, 0.5) is 5.82 Å². The van der Waals surface area contributed by atoms with E-state index in [9.17, 15) is 4.79 Å². The number of nitrogens with zero attached hydrogens (tertiary/aromatic N) is 5. The van der Waals surface area contributed by atoms with Gasteiger partial charge < -0.3 is 20.4 Å². The average molecular weight is 441 g/mol. The van der Waals surface area contributed by atoms with Crippen molar-refractivity contribution in [1.29, 1.82) is 0 Å². The molecule has 2 aromatic carbocycles. The minimum Gasteiger partial charge on any atom is -0.414 e. The zero-order valence-corrected chi connectivity index (χ0v) is 17.9. The number of benzene rings is 2. The van der Waals surface area contributed by atoms with Gasteiger partial charge in [-0.2, -0.15) is 0 Å². The second-order valence-electron chi connectivity index (χ2n) is 7.74. The maximum absolute atomic E-state index is 12.8. The number of aromatic nitrogens is 4. The lowest BCUT2D eigenvalue weighted by Gasteiger charge is -2.20. The van der Waals surface area contributed by atoms with E-state index in [1.165, 1.54) is 0 Å². The van der Waals surface area contributed by atoms with Crippen LogP contribution in [-0.2, 0) is 0 Å². The predicted molar refractivity (Wildman–Crippen MR) is 124 cm³/mol. The lowest BCUT2D eigenvalue weighted by molar-refractivity contribution is 0.0766. The lowest BCUT2D eigenvalue weighted by atomic mass is 10.1. The van der Waals surface area contributed by atoms with E-state index in [2.05, 4.69) is 25.5 Å². The highest BCUT2D eigenvalue weighted by molar-refractivity contribution is 5.94. The summed E-state index contributed by atoms with van der Waals surface area (Å²) in [6.07, 6.45) is 2.54. The average Bonchev–Trinajstić information content (AvgIpc) is 3.19. The van der Waals surface area contributed by atoms with Crippen molar-refractivity contribution in [3.05, 3.63) is 66.4 Å². The van der Waals surface area contributed by atoms with Crippen LogP contribution in [0.15, 0.2) is 65.2 Å². The van der Waals surface area contributed by atoms with Gasteiger partial charge in [0.25, 0.3) is 11.8 Å². The maximum Gasteiger partial charge on any atom is 0.270 e. The molecule has 9 nitrogen and oxygen atoms in total. The van der Waals surface area contributed by atoms with E-state index in [1.54, 1.807) is 6.20 Å². The van der Waals surface area contributed by atoms with E-state index in [-0.39, 0.29) is 17.6 Å². The first kappa shape index (κ1) is 20.8. The number of nitrogen functional groups attached to an aromatic ring is 1. The summed E-state index contributed by atoms with van der Waals surface area (Å²) in [6.45, 7) is 3.22. The molecule has 2 aromatic heterocycles. The van der Waals surface area contributed by atoms with E-state index < -0.39 is 0 Å². The molecule has 33 heavy (non-hydrogen) atoms. The molecular formula is C24H23N7O2. The summed E-state index contributed by atoms with van der Waals surface area (Å²) in [6, 6.07) is 16.8. The second kappa shape index (κ2) is 9.17. The van der Waals surface area contributed by atoms with Crippen molar-refractivity contribution in [3.8, 4) is 34.3 Å². The van der Waals surface area contributed by atoms with Gasteiger partial charge in [-0.15, -0.1) is 10.2 Å². The van der Waals surface area contributed by atoms with Crippen LogP contribution in [0, 0.1) is 0 Å². The summed E-state index contributed by atoms with van der Waals surface area (Å²) in [5.74, 6) is 0.809. The van der Waals surface area contributed by atoms with E-state index in [0.29, 0.717) is 29.4 Å². The summed E-state index contributed by atoms with van der Waals surface area (Å²) in [5, 5.41) is 11.5. The molecular weight excluding hydrogens is 418 g/mol. The van der Waals surface area contributed by atoms with Gasteiger partial charge in [0.15, 0.2) is 11.5 Å². The van der Waals surface area contributed by atoms with Crippen LogP contribution in [0.2, 0.25) is 0 Å². The quantitative estimate of drug-likeness (QED) is 0.496. The lowest BCUT2D eigenvalue weighted by Crippen LogP contribution is -2.34. The summed E-state index contributed by atoms with van der Waals surface area (Å²) >= 11 is 0. The molecule has 0 saturated carbocycles. The molecule has 166 valence electrons. The summed E-state index contributed by atoms with van der Waals surface area (Å²) < 4.78 is 5.80. The Balaban J connectivity index is 1.39. The van der Waals surface area contributed by atoms with Gasteiger partial charge in [-0.1, -0.05) is 30.3 Å². The van der Waals surface area contributed by atoms with Crippen molar-refractivity contribution in [3.63, 3.8) is 0 Å². The molecule has 5 rings (SSSR count). The molecule has 0 atom stereocenters. The molecule has 1 aliphatic rings. The number of carbonyl (C=O) groups is 1. The van der Waals surface area contributed by atoms with Gasteiger partial charge in [-0.25, -0.2) is 9.97 Å². The molecule has 3 N–H and O–H groups in total. The third-order valence-electron chi connectivity index (χ3n) is 5.50. The molecule has 4 aromatic rings. The zero-order valence-electron chi connectivity index (χ0n) is 17.9. The summed E-state index contributed by atoms with van der Waals surface area (Å²) in [7, 11) is 0. The van der Waals surface area contributed by atoms with Crippen molar-refractivity contribution in [2.45, 2.75) is 6.42 Å². The number of amides is 1. The summed E-state index contributed by atoms with van der Waals surface area (Å²) in [5.41, 5.74) is 9.22. The van der Waals surface area contributed by atoms with E-state index in [4.69, 9.17) is 10.2 Å². The monoisotopic (exact) mass is 441 g/mol. The molecule has 0 radical (unpaired) electrons. The molecule has 9 heteroatoms. The molecule has 0 spiro atoms. The first-order valence-electron chi connectivity index (χ1n) is 10.8. The SMILES string of the molecule is Nc1ncc(-c2ccc(C(=O)N3CCCNCC3)cc2)nc1-c1nnc(-c2ccccc2)o1. The van der Waals surface area contributed by atoms with Crippen LogP contribution in [0.1, 0.15) is 16.8 Å². The summed E-state index contributed by atoms with van der Waals surface area (Å²) in [4.78, 5) is 23.6. The fraction of sp³-hybridized carbons (Fsp3) is 0.208. The Labute approximate surface area is 190 Å². The minimum atomic E-state index is 0.0358. The molecule has 1 amide bonds. The molecule has 1 aliphatic heterocycles. The Hall–Kier alpha value is -4.11. The Morgan fingerprint density at radius 3 is 2.55 bits per heavy atom. The van der Waals surface area contributed by atoms with Crippen LogP contribution in [0.25, 0.3) is 34.3 Å². The third kappa shape index (κ3) is 4.44. The number of nitrogens with one attached hydrogen (secondary N) is 1. The Kier molecular flexibility index (Phi) is 5.77. The van der Waals surface area contributed by atoms with Gasteiger partial charge in [0.05, 0.1) is 11.9 Å². The largest absolute Gasteiger partial charge is 0.414 e. The second-order valence-corrected chi connectivity index (χ2v) is 7.74. The predicted octanol–water partition coefficient (Wildman–Crippen LogP) is 2.88. The normalized spacial score (nSPS) is 14.1. The fourth-order valence-corrected chi connectivity index (χ4v) is 3.73. The van der Waals surface area contributed by atoms with Gasteiger partial charge in [0.2, 0.25) is 5.89 Å². The van der Waals surface area contributed by atoms with E-state index >= 15 is 0 Å². The first-order valence-corrected chi connectivity index (χ1v) is 10.8. The highest BCUT2D eigenvalue weighted by atomic mass is 16.4. The van der Waals surface area contributed by atoms with Gasteiger partial charge in [-0.3, -0.25) is 4.79 Å². The molecule has 1 fully saturated rings. The number of nitrogens with two attached hydrogens (primary N) is 1. The number of hydrogen-bond acceptors (Lipinski definition) is 8. The van der Waals surface area contributed by atoms with Crippen molar-refractivity contribution in [2.24, 2.45) is 0 Å². The fourth-order valence-electron chi connectivity index (χ4n) is 3.73. The number of rotatable bonds is 4. The molecule has 0 aliphatic carbocycles.